The minimum atomic E-state index is -3.42. The molecule has 3 aliphatic rings. The van der Waals surface area contributed by atoms with E-state index in [4.69, 9.17) is 0 Å². The number of piperidine rings is 3. The Bertz CT molecular complexity index is 621. The normalized spacial score (nSPS) is 28.3. The van der Waals surface area contributed by atoms with E-state index in [1.54, 1.807) is 8.61 Å². The van der Waals surface area contributed by atoms with Crippen molar-refractivity contribution in [3.05, 3.63) is 0 Å². The molecule has 3 aliphatic heterocycles. The van der Waals surface area contributed by atoms with Gasteiger partial charge in [0.15, 0.2) is 0 Å². The van der Waals surface area contributed by atoms with Gasteiger partial charge in [0.1, 0.15) is 0 Å². The molecule has 0 aromatic rings. The van der Waals surface area contributed by atoms with Gasteiger partial charge in [0.25, 0.3) is 10.2 Å². The lowest BCUT2D eigenvalue weighted by molar-refractivity contribution is -0.126. The van der Waals surface area contributed by atoms with Crippen molar-refractivity contribution in [1.82, 2.24) is 18.8 Å². The van der Waals surface area contributed by atoms with Crippen LogP contribution < -0.4 is 5.32 Å². The minimum absolute atomic E-state index is 0.0224. The second kappa shape index (κ2) is 11.1. The predicted octanol–water partition coefficient (Wildman–Crippen LogP) is 2.20. The van der Waals surface area contributed by atoms with Gasteiger partial charge >= 0.3 is 0 Å². The van der Waals surface area contributed by atoms with Gasteiger partial charge in [0.2, 0.25) is 5.91 Å². The Labute approximate surface area is 177 Å². The van der Waals surface area contributed by atoms with Crippen LogP contribution in [0.15, 0.2) is 0 Å². The molecule has 0 aliphatic carbocycles. The molecule has 8 heteroatoms. The second-order valence-corrected chi connectivity index (χ2v) is 10.8. The average Bonchev–Trinajstić information content (AvgIpc) is 2.77. The van der Waals surface area contributed by atoms with Gasteiger partial charge in [0.05, 0.1) is 5.92 Å². The number of hydrogen-bond donors (Lipinski definition) is 1. The zero-order chi connectivity index (χ0) is 20.7. The monoisotopic (exact) mass is 428 g/mol. The average molecular weight is 429 g/mol. The first-order valence-electron chi connectivity index (χ1n) is 11.8. The molecule has 2 atom stereocenters. The number of nitrogens with one attached hydrogen (secondary N) is 1. The molecule has 168 valence electrons. The van der Waals surface area contributed by atoms with Crippen molar-refractivity contribution in [2.45, 2.75) is 77.2 Å². The van der Waals surface area contributed by atoms with Crippen LogP contribution in [0.25, 0.3) is 0 Å². The van der Waals surface area contributed by atoms with Crippen molar-refractivity contribution in [2.24, 2.45) is 5.92 Å². The quantitative estimate of drug-likeness (QED) is 0.602. The Morgan fingerprint density at radius 3 is 2.41 bits per heavy atom. The van der Waals surface area contributed by atoms with Crippen LogP contribution in [0.3, 0.4) is 0 Å². The van der Waals surface area contributed by atoms with Crippen LogP contribution in [0.2, 0.25) is 0 Å². The lowest BCUT2D eigenvalue weighted by Gasteiger charge is -2.36. The molecule has 0 aromatic heterocycles. The van der Waals surface area contributed by atoms with Gasteiger partial charge in [0, 0.05) is 45.3 Å². The molecule has 7 nitrogen and oxygen atoms in total. The lowest BCUT2D eigenvalue weighted by Crippen LogP contribution is -2.51. The highest BCUT2D eigenvalue weighted by atomic mass is 32.2. The van der Waals surface area contributed by atoms with E-state index < -0.39 is 10.2 Å². The van der Waals surface area contributed by atoms with Gasteiger partial charge in [-0.15, -0.1) is 0 Å². The van der Waals surface area contributed by atoms with Gasteiger partial charge in [-0.2, -0.15) is 17.0 Å². The molecular weight excluding hydrogens is 388 g/mol. The fourth-order valence-corrected chi connectivity index (χ4v) is 6.85. The Balaban J connectivity index is 1.42. The zero-order valence-electron chi connectivity index (χ0n) is 18.2. The summed E-state index contributed by atoms with van der Waals surface area (Å²) in [7, 11) is -3.42. The van der Waals surface area contributed by atoms with E-state index in [1.165, 1.54) is 32.2 Å². The van der Waals surface area contributed by atoms with Gasteiger partial charge in [-0.1, -0.05) is 19.8 Å². The van der Waals surface area contributed by atoms with E-state index in [1.807, 2.05) is 0 Å². The maximum absolute atomic E-state index is 12.9. The van der Waals surface area contributed by atoms with E-state index >= 15 is 0 Å². The number of nitrogens with zero attached hydrogens (tertiary/aromatic N) is 3. The summed E-state index contributed by atoms with van der Waals surface area (Å²) >= 11 is 0. The summed E-state index contributed by atoms with van der Waals surface area (Å²) in [5.41, 5.74) is 0. The Kier molecular flexibility index (Phi) is 8.77. The third kappa shape index (κ3) is 6.15. The molecular formula is C21H40N4O3S. The number of likely N-dealkylation sites (tertiary alicyclic amines) is 1. The van der Waals surface area contributed by atoms with E-state index in [2.05, 4.69) is 17.1 Å². The predicted molar refractivity (Wildman–Crippen MR) is 116 cm³/mol. The maximum atomic E-state index is 12.9. The number of hydrogen-bond acceptors (Lipinski definition) is 4. The summed E-state index contributed by atoms with van der Waals surface area (Å²) in [6, 6.07) is 0.700. The molecule has 0 unspecified atom stereocenters. The summed E-state index contributed by atoms with van der Waals surface area (Å²) in [6.07, 6.45) is 10.6. The molecule has 1 N–H and O–H groups in total. The van der Waals surface area contributed by atoms with Gasteiger partial charge in [-0.25, -0.2) is 0 Å². The van der Waals surface area contributed by atoms with Crippen molar-refractivity contribution in [1.29, 1.82) is 0 Å². The van der Waals surface area contributed by atoms with Crippen molar-refractivity contribution in [3.8, 4) is 0 Å². The van der Waals surface area contributed by atoms with Crippen LogP contribution in [-0.2, 0) is 15.0 Å². The maximum Gasteiger partial charge on any atom is 0.281 e. The lowest BCUT2D eigenvalue weighted by atomic mass is 9.98. The van der Waals surface area contributed by atoms with E-state index in [0.717, 1.165) is 45.1 Å². The number of carbonyl (C=O) groups excluding carboxylic acids is 1. The molecule has 29 heavy (non-hydrogen) atoms. The van der Waals surface area contributed by atoms with Crippen LogP contribution >= 0.6 is 0 Å². The van der Waals surface area contributed by atoms with E-state index in [-0.39, 0.29) is 11.8 Å². The first kappa shape index (κ1) is 23.0. The molecule has 0 bridgehead atoms. The third-order valence-electron chi connectivity index (χ3n) is 6.86. The number of amides is 1. The molecule has 3 fully saturated rings. The van der Waals surface area contributed by atoms with Gasteiger partial charge in [-0.05, 0) is 57.9 Å². The van der Waals surface area contributed by atoms with Gasteiger partial charge < -0.3 is 10.2 Å². The Hall–Kier alpha value is -0.700. The van der Waals surface area contributed by atoms with Crippen LogP contribution in [-0.4, -0.2) is 79.7 Å². The fraction of sp³-hybridized carbons (Fsp3) is 0.952. The highest BCUT2D eigenvalue weighted by Crippen LogP contribution is 2.24. The molecule has 0 radical (unpaired) electrons. The van der Waals surface area contributed by atoms with Crippen molar-refractivity contribution in [2.75, 3.05) is 45.8 Å². The van der Waals surface area contributed by atoms with E-state index in [9.17, 15) is 13.2 Å². The van der Waals surface area contributed by atoms with Crippen molar-refractivity contribution < 1.29 is 13.2 Å². The molecule has 3 rings (SSSR count). The van der Waals surface area contributed by atoms with E-state index in [0.29, 0.717) is 38.8 Å². The molecule has 0 aromatic carbocycles. The summed E-state index contributed by atoms with van der Waals surface area (Å²) in [4.78, 5) is 15.2. The Morgan fingerprint density at radius 2 is 1.66 bits per heavy atom. The number of rotatable bonds is 8. The first-order valence-corrected chi connectivity index (χ1v) is 13.2. The summed E-state index contributed by atoms with van der Waals surface area (Å²) in [6.45, 7) is 7.26. The van der Waals surface area contributed by atoms with Crippen LogP contribution in [0, 0.1) is 5.92 Å². The SMILES string of the molecule is CC[C@H]1CCCCN1CCCNC(=O)[C@H]1CCCN(S(=O)(=O)N2CCCCC2)C1. The van der Waals surface area contributed by atoms with Gasteiger partial charge in [-0.3, -0.25) is 4.79 Å². The van der Waals surface area contributed by atoms with Crippen molar-refractivity contribution >= 4 is 16.1 Å². The highest BCUT2D eigenvalue weighted by molar-refractivity contribution is 7.86. The second-order valence-electron chi connectivity index (χ2n) is 8.90. The topological polar surface area (TPSA) is 73.0 Å². The minimum Gasteiger partial charge on any atom is -0.356 e. The van der Waals surface area contributed by atoms with Crippen molar-refractivity contribution in [3.63, 3.8) is 0 Å². The van der Waals surface area contributed by atoms with Crippen LogP contribution in [0.1, 0.15) is 71.1 Å². The standard InChI is InChI=1S/C21H40N4O3S/c1-2-20-11-4-7-13-23(20)14-9-12-22-21(26)19-10-8-17-25(18-19)29(27,28)24-15-5-3-6-16-24/h19-20H,2-18H2,1H3,(H,22,26)/t19-,20-/m0/s1. The molecule has 1 amide bonds. The molecule has 3 saturated heterocycles. The van der Waals surface area contributed by atoms with Crippen LogP contribution in [0.5, 0.6) is 0 Å². The Morgan fingerprint density at radius 1 is 0.931 bits per heavy atom. The highest BCUT2D eigenvalue weighted by Gasteiger charge is 2.36. The summed E-state index contributed by atoms with van der Waals surface area (Å²) < 4.78 is 29.0. The largest absolute Gasteiger partial charge is 0.356 e. The smallest absolute Gasteiger partial charge is 0.281 e. The molecule has 0 spiro atoms. The summed E-state index contributed by atoms with van der Waals surface area (Å²) in [5.74, 6) is -0.198. The fourth-order valence-electron chi connectivity index (χ4n) is 5.08. The third-order valence-corrected chi connectivity index (χ3v) is 8.87. The zero-order valence-corrected chi connectivity index (χ0v) is 19.0. The molecule has 0 saturated carbocycles. The first-order chi connectivity index (χ1) is 14.0. The summed E-state index contributed by atoms with van der Waals surface area (Å²) in [5, 5.41) is 3.08. The molecule has 3 heterocycles. The van der Waals surface area contributed by atoms with Crippen LogP contribution in [0.4, 0.5) is 0 Å². The number of carbonyl (C=O) groups is 1.